The molecule has 10 aromatic rings. The fourth-order valence-corrected chi connectivity index (χ4v) is 7.77. The average molecular weight is 623 g/mol. The van der Waals surface area contributed by atoms with Gasteiger partial charge < -0.3 is 4.42 Å². The fourth-order valence-electron chi connectivity index (χ4n) is 7.77. The minimum Gasteiger partial charge on any atom is -0.456 e. The summed E-state index contributed by atoms with van der Waals surface area (Å²) in [5, 5.41) is 9.68. The lowest BCUT2D eigenvalue weighted by atomic mass is 9.83. The minimum atomic E-state index is 0.909. The minimum absolute atomic E-state index is 0.909. The molecule has 1 heteroatoms. The van der Waals surface area contributed by atoms with Crippen molar-refractivity contribution in [2.75, 3.05) is 0 Å². The van der Waals surface area contributed by atoms with Gasteiger partial charge in [0.2, 0.25) is 0 Å². The van der Waals surface area contributed by atoms with E-state index in [-0.39, 0.29) is 0 Å². The summed E-state index contributed by atoms with van der Waals surface area (Å²) in [4.78, 5) is 0. The van der Waals surface area contributed by atoms with Crippen molar-refractivity contribution in [2.24, 2.45) is 0 Å². The summed E-state index contributed by atoms with van der Waals surface area (Å²) < 4.78 is 6.37. The number of rotatable bonds is 4. The van der Waals surface area contributed by atoms with E-state index in [2.05, 4.69) is 170 Å². The second-order valence-electron chi connectivity index (χ2n) is 12.8. The van der Waals surface area contributed by atoms with Crippen LogP contribution < -0.4 is 0 Å². The zero-order valence-electron chi connectivity index (χ0n) is 26.7. The Bertz CT molecular complexity index is 2800. The van der Waals surface area contributed by atoms with Crippen LogP contribution in [0.25, 0.3) is 98.8 Å². The largest absolute Gasteiger partial charge is 0.456 e. The standard InChI is InChI=1S/C48H30O/c1-2-12-31(13-3-1)32-22-24-33(25-23-32)43-28-34-14-4-5-15-35(34)29-44(43)48-41-19-8-6-17-39(41)47(40-18-7-9-20-42(40)48)36-26-27-38-37-16-10-11-21-45(37)49-46(38)30-36/h1-30H. The van der Waals surface area contributed by atoms with Crippen LogP contribution in [-0.4, -0.2) is 0 Å². The summed E-state index contributed by atoms with van der Waals surface area (Å²) in [6.07, 6.45) is 0. The van der Waals surface area contributed by atoms with E-state index in [1.165, 1.54) is 71.3 Å². The van der Waals surface area contributed by atoms with E-state index in [0.717, 1.165) is 27.5 Å². The highest BCUT2D eigenvalue weighted by Gasteiger charge is 2.20. The van der Waals surface area contributed by atoms with Gasteiger partial charge in [0, 0.05) is 10.8 Å². The topological polar surface area (TPSA) is 13.1 Å². The van der Waals surface area contributed by atoms with Crippen LogP contribution in [0.3, 0.4) is 0 Å². The van der Waals surface area contributed by atoms with Crippen molar-refractivity contribution in [3.63, 3.8) is 0 Å². The molecule has 9 aromatic carbocycles. The summed E-state index contributed by atoms with van der Waals surface area (Å²) in [5.41, 5.74) is 11.6. The van der Waals surface area contributed by atoms with E-state index >= 15 is 0 Å². The monoisotopic (exact) mass is 622 g/mol. The molecule has 228 valence electrons. The lowest BCUT2D eigenvalue weighted by Gasteiger charge is -2.20. The quantitative estimate of drug-likeness (QED) is 0.178. The Kier molecular flexibility index (Phi) is 6.25. The van der Waals surface area contributed by atoms with Gasteiger partial charge in [-0.3, -0.25) is 0 Å². The second kappa shape index (κ2) is 11.1. The summed E-state index contributed by atoms with van der Waals surface area (Å²) in [5.74, 6) is 0. The molecule has 1 aromatic heterocycles. The van der Waals surface area contributed by atoms with Gasteiger partial charge in [0.1, 0.15) is 11.2 Å². The molecule has 49 heavy (non-hydrogen) atoms. The third-order valence-electron chi connectivity index (χ3n) is 10.1. The molecular weight excluding hydrogens is 593 g/mol. The van der Waals surface area contributed by atoms with Gasteiger partial charge in [-0.1, -0.05) is 152 Å². The Morgan fingerprint density at radius 2 is 0.735 bits per heavy atom. The maximum atomic E-state index is 6.37. The Labute approximate surface area is 284 Å². The van der Waals surface area contributed by atoms with Crippen molar-refractivity contribution in [1.29, 1.82) is 0 Å². The van der Waals surface area contributed by atoms with Gasteiger partial charge in [0.25, 0.3) is 0 Å². The second-order valence-corrected chi connectivity index (χ2v) is 12.8. The van der Waals surface area contributed by atoms with E-state index in [4.69, 9.17) is 4.42 Å². The van der Waals surface area contributed by atoms with Gasteiger partial charge in [0.15, 0.2) is 0 Å². The van der Waals surface area contributed by atoms with Crippen LogP contribution in [0.15, 0.2) is 186 Å². The molecule has 0 saturated carbocycles. The van der Waals surface area contributed by atoms with Gasteiger partial charge in [0.05, 0.1) is 0 Å². The molecule has 1 nitrogen and oxygen atoms in total. The molecule has 0 spiro atoms. The molecule has 0 unspecified atom stereocenters. The van der Waals surface area contributed by atoms with Crippen molar-refractivity contribution >= 4 is 54.3 Å². The molecule has 10 rings (SSSR count). The number of fused-ring (bicyclic) bond motifs is 6. The van der Waals surface area contributed by atoms with Crippen LogP contribution in [0, 0.1) is 0 Å². The molecular formula is C48H30O. The smallest absolute Gasteiger partial charge is 0.136 e. The van der Waals surface area contributed by atoms with Crippen LogP contribution >= 0.6 is 0 Å². The number of furan rings is 1. The van der Waals surface area contributed by atoms with Crippen LogP contribution in [0.1, 0.15) is 0 Å². The summed E-state index contributed by atoms with van der Waals surface area (Å²) >= 11 is 0. The molecule has 0 aliphatic heterocycles. The lowest BCUT2D eigenvalue weighted by molar-refractivity contribution is 0.669. The van der Waals surface area contributed by atoms with E-state index in [1.54, 1.807) is 0 Å². The summed E-state index contributed by atoms with van der Waals surface area (Å²) in [7, 11) is 0. The van der Waals surface area contributed by atoms with Gasteiger partial charge in [-0.2, -0.15) is 0 Å². The first-order chi connectivity index (χ1) is 24.3. The number of hydrogen-bond acceptors (Lipinski definition) is 1. The van der Waals surface area contributed by atoms with Crippen molar-refractivity contribution in [3.8, 4) is 44.5 Å². The first kappa shape index (κ1) is 27.7. The van der Waals surface area contributed by atoms with Gasteiger partial charge in [-0.25, -0.2) is 0 Å². The van der Waals surface area contributed by atoms with E-state index in [1.807, 2.05) is 12.1 Å². The first-order valence-electron chi connectivity index (χ1n) is 16.8. The number of benzene rings is 9. The normalized spacial score (nSPS) is 11.7. The molecule has 0 saturated heterocycles. The van der Waals surface area contributed by atoms with Crippen LogP contribution in [0.5, 0.6) is 0 Å². The van der Waals surface area contributed by atoms with E-state index < -0.39 is 0 Å². The average Bonchev–Trinajstić information content (AvgIpc) is 3.55. The Morgan fingerprint density at radius 1 is 0.265 bits per heavy atom. The third-order valence-corrected chi connectivity index (χ3v) is 10.1. The zero-order chi connectivity index (χ0) is 32.3. The fraction of sp³-hybridized carbons (Fsp3) is 0. The summed E-state index contributed by atoms with van der Waals surface area (Å²) in [6.45, 7) is 0. The Hall–Kier alpha value is -6.44. The van der Waals surface area contributed by atoms with Crippen molar-refractivity contribution in [1.82, 2.24) is 0 Å². The molecule has 0 atom stereocenters. The predicted molar refractivity (Wildman–Crippen MR) is 208 cm³/mol. The van der Waals surface area contributed by atoms with Gasteiger partial charge >= 0.3 is 0 Å². The van der Waals surface area contributed by atoms with Crippen molar-refractivity contribution in [2.45, 2.75) is 0 Å². The van der Waals surface area contributed by atoms with E-state index in [0.29, 0.717) is 0 Å². The van der Waals surface area contributed by atoms with Gasteiger partial charge in [-0.05, 0) is 107 Å². The van der Waals surface area contributed by atoms with Crippen molar-refractivity contribution in [3.05, 3.63) is 182 Å². The van der Waals surface area contributed by atoms with Crippen molar-refractivity contribution < 1.29 is 4.42 Å². The molecule has 1 heterocycles. The molecule has 0 fully saturated rings. The maximum absolute atomic E-state index is 6.37. The first-order valence-corrected chi connectivity index (χ1v) is 16.8. The summed E-state index contributed by atoms with van der Waals surface area (Å²) in [6, 6.07) is 65.9. The van der Waals surface area contributed by atoms with Crippen LogP contribution in [-0.2, 0) is 0 Å². The maximum Gasteiger partial charge on any atom is 0.136 e. The highest BCUT2D eigenvalue weighted by atomic mass is 16.3. The third kappa shape index (κ3) is 4.47. The number of hydrogen-bond donors (Lipinski definition) is 0. The SMILES string of the molecule is c1ccc(-c2ccc(-c3cc4ccccc4cc3-c3c4ccccc4c(-c4ccc5c(c4)oc4ccccc45)c4ccccc34)cc2)cc1. The van der Waals surface area contributed by atoms with E-state index in [9.17, 15) is 0 Å². The highest BCUT2D eigenvalue weighted by Crippen LogP contribution is 2.47. The number of para-hydroxylation sites is 1. The van der Waals surface area contributed by atoms with Crippen LogP contribution in [0.2, 0.25) is 0 Å². The van der Waals surface area contributed by atoms with Crippen LogP contribution in [0.4, 0.5) is 0 Å². The Morgan fingerprint density at radius 3 is 1.41 bits per heavy atom. The zero-order valence-corrected chi connectivity index (χ0v) is 26.7. The molecule has 0 radical (unpaired) electrons. The molecule has 0 aliphatic rings. The van der Waals surface area contributed by atoms with Gasteiger partial charge in [-0.15, -0.1) is 0 Å². The predicted octanol–water partition coefficient (Wildman–Crippen LogP) is 13.7. The molecule has 0 bridgehead atoms. The Balaban J connectivity index is 1.25. The lowest BCUT2D eigenvalue weighted by Crippen LogP contribution is -1.93. The highest BCUT2D eigenvalue weighted by molar-refractivity contribution is 6.23. The molecule has 0 N–H and O–H groups in total. The molecule has 0 amide bonds. The molecule has 0 aliphatic carbocycles.